The van der Waals surface area contributed by atoms with E-state index in [2.05, 4.69) is 0 Å². The normalized spacial score (nSPS) is 37.9. The zero-order valence-electron chi connectivity index (χ0n) is 11.6. The minimum absolute atomic E-state index is 0.134. The Morgan fingerprint density at radius 3 is 2.20 bits per heavy atom. The van der Waals surface area contributed by atoms with Gasteiger partial charge in [-0.3, -0.25) is 0 Å². The van der Waals surface area contributed by atoms with Crippen molar-refractivity contribution in [2.45, 2.75) is 38.2 Å². The Labute approximate surface area is 119 Å². The molecule has 4 aliphatic rings. The van der Waals surface area contributed by atoms with Crippen molar-refractivity contribution in [3.63, 3.8) is 0 Å². The fraction of sp³-hybridized carbons (Fsp3) is 0.588. The third-order valence-electron chi connectivity index (χ3n) is 5.56. The van der Waals surface area contributed by atoms with E-state index in [0.717, 1.165) is 11.8 Å². The summed E-state index contributed by atoms with van der Waals surface area (Å²) in [5, 5.41) is 0. The topological polar surface area (TPSA) is 52.3 Å². The maximum atomic E-state index is 12.4. The van der Waals surface area contributed by atoms with Crippen LogP contribution in [0, 0.1) is 23.7 Å². The van der Waals surface area contributed by atoms with Crippen LogP contribution in [-0.2, 0) is 4.74 Å². The van der Waals surface area contributed by atoms with Crippen molar-refractivity contribution in [3.8, 4) is 0 Å². The highest BCUT2D eigenvalue weighted by atomic mass is 16.5. The van der Waals surface area contributed by atoms with E-state index in [1.807, 2.05) is 12.1 Å². The van der Waals surface area contributed by atoms with Gasteiger partial charge in [0.25, 0.3) is 0 Å². The van der Waals surface area contributed by atoms with Crippen molar-refractivity contribution in [2.24, 2.45) is 23.7 Å². The minimum atomic E-state index is -0.236. The van der Waals surface area contributed by atoms with Gasteiger partial charge in [0.05, 0.1) is 5.56 Å². The number of carbonyl (C=O) groups is 1. The van der Waals surface area contributed by atoms with Crippen LogP contribution in [-0.4, -0.2) is 12.1 Å². The van der Waals surface area contributed by atoms with Gasteiger partial charge in [-0.2, -0.15) is 0 Å². The summed E-state index contributed by atoms with van der Waals surface area (Å²) in [5.74, 6) is 2.75. The van der Waals surface area contributed by atoms with Gasteiger partial charge in [-0.05, 0) is 67.9 Å². The number of benzene rings is 1. The Hall–Kier alpha value is -1.51. The molecule has 20 heavy (non-hydrogen) atoms. The van der Waals surface area contributed by atoms with Crippen LogP contribution in [0.1, 0.15) is 42.5 Å². The molecule has 3 heteroatoms. The molecule has 0 atom stereocenters. The van der Waals surface area contributed by atoms with Crippen molar-refractivity contribution in [2.75, 3.05) is 5.73 Å². The molecular weight excluding hydrogens is 250 g/mol. The average molecular weight is 271 g/mol. The lowest BCUT2D eigenvalue weighted by atomic mass is 9.55. The SMILES string of the molecule is Nc1ccccc1C(=O)OC1C2CC3CC(C2)CC1C3. The third-order valence-corrected chi connectivity index (χ3v) is 5.56. The predicted octanol–water partition coefficient (Wildman–Crippen LogP) is 3.25. The van der Waals surface area contributed by atoms with Crippen LogP contribution in [0.25, 0.3) is 0 Å². The van der Waals surface area contributed by atoms with Gasteiger partial charge in [0, 0.05) is 5.69 Å². The lowest BCUT2D eigenvalue weighted by Crippen LogP contribution is -2.50. The van der Waals surface area contributed by atoms with E-state index in [1.165, 1.54) is 32.1 Å². The van der Waals surface area contributed by atoms with Crippen molar-refractivity contribution < 1.29 is 9.53 Å². The number of rotatable bonds is 2. The van der Waals surface area contributed by atoms with Crippen molar-refractivity contribution in [1.82, 2.24) is 0 Å². The Morgan fingerprint density at radius 1 is 1.00 bits per heavy atom. The molecule has 0 aromatic heterocycles. The zero-order valence-corrected chi connectivity index (χ0v) is 11.6. The van der Waals surface area contributed by atoms with Crippen molar-refractivity contribution in [3.05, 3.63) is 29.8 Å². The molecule has 4 saturated carbocycles. The molecule has 106 valence electrons. The molecule has 5 rings (SSSR count). The molecule has 1 aromatic rings. The zero-order chi connectivity index (χ0) is 13.7. The second kappa shape index (κ2) is 4.51. The number of anilines is 1. The number of hydrogen-bond donors (Lipinski definition) is 1. The first-order valence-electron chi connectivity index (χ1n) is 7.76. The lowest BCUT2D eigenvalue weighted by molar-refractivity contribution is -0.101. The summed E-state index contributed by atoms with van der Waals surface area (Å²) in [6.45, 7) is 0. The molecular formula is C17H21NO2. The molecule has 4 aliphatic carbocycles. The van der Waals surface area contributed by atoms with Gasteiger partial charge in [-0.15, -0.1) is 0 Å². The molecule has 4 fully saturated rings. The fourth-order valence-corrected chi connectivity index (χ4v) is 4.94. The molecule has 0 unspecified atom stereocenters. The number of esters is 1. The molecule has 2 N–H and O–H groups in total. The summed E-state index contributed by atoms with van der Waals surface area (Å²) in [7, 11) is 0. The van der Waals surface area contributed by atoms with Gasteiger partial charge in [-0.1, -0.05) is 12.1 Å². The smallest absolute Gasteiger partial charge is 0.340 e. The second-order valence-corrected chi connectivity index (χ2v) is 6.89. The third kappa shape index (κ3) is 1.91. The molecule has 3 nitrogen and oxygen atoms in total. The Morgan fingerprint density at radius 2 is 1.60 bits per heavy atom. The van der Waals surface area contributed by atoms with E-state index in [9.17, 15) is 4.79 Å². The first kappa shape index (κ1) is 12.2. The highest BCUT2D eigenvalue weighted by Crippen LogP contribution is 2.54. The van der Waals surface area contributed by atoms with Crippen LogP contribution in [0.2, 0.25) is 0 Å². The highest BCUT2D eigenvalue weighted by molar-refractivity contribution is 5.95. The number of nitrogen functional groups attached to an aromatic ring is 1. The monoisotopic (exact) mass is 271 g/mol. The second-order valence-electron chi connectivity index (χ2n) is 6.89. The number of carbonyl (C=O) groups excluding carboxylic acids is 1. The summed E-state index contributed by atoms with van der Waals surface area (Å²) < 4.78 is 5.88. The van der Waals surface area contributed by atoms with Crippen LogP contribution >= 0.6 is 0 Å². The number of para-hydroxylation sites is 1. The highest BCUT2D eigenvalue weighted by Gasteiger charge is 2.49. The van der Waals surface area contributed by atoms with Crippen molar-refractivity contribution in [1.29, 1.82) is 0 Å². The molecule has 1 aromatic carbocycles. The van der Waals surface area contributed by atoms with E-state index in [0.29, 0.717) is 23.1 Å². The molecule has 4 bridgehead atoms. The maximum Gasteiger partial charge on any atom is 0.340 e. The number of ether oxygens (including phenoxy) is 1. The minimum Gasteiger partial charge on any atom is -0.458 e. The summed E-state index contributed by atoms with van der Waals surface area (Å²) >= 11 is 0. The van der Waals surface area contributed by atoms with Gasteiger partial charge < -0.3 is 10.5 Å². The summed E-state index contributed by atoms with van der Waals surface area (Å²) in [6, 6.07) is 7.19. The summed E-state index contributed by atoms with van der Waals surface area (Å²) in [4.78, 5) is 12.4. The lowest BCUT2D eigenvalue weighted by Gasteiger charge is -2.53. The summed E-state index contributed by atoms with van der Waals surface area (Å²) in [5.41, 5.74) is 6.90. The largest absolute Gasteiger partial charge is 0.458 e. The van der Waals surface area contributed by atoms with Crippen LogP contribution < -0.4 is 5.73 Å². The first-order valence-corrected chi connectivity index (χ1v) is 7.76. The van der Waals surface area contributed by atoms with Gasteiger partial charge in [0.2, 0.25) is 0 Å². The van der Waals surface area contributed by atoms with Crippen molar-refractivity contribution >= 4 is 11.7 Å². The maximum absolute atomic E-state index is 12.4. The molecule has 0 amide bonds. The van der Waals surface area contributed by atoms with Gasteiger partial charge in [0.15, 0.2) is 0 Å². The number of nitrogens with two attached hydrogens (primary N) is 1. The number of hydrogen-bond acceptors (Lipinski definition) is 3. The standard InChI is InChI=1S/C17H21NO2/c18-15-4-2-1-3-14(15)17(19)20-16-12-6-10-5-11(8-12)9-13(16)7-10/h1-4,10-13,16H,5-9,18H2. The Kier molecular flexibility index (Phi) is 2.76. The molecule has 0 heterocycles. The van der Waals surface area contributed by atoms with Gasteiger partial charge in [0.1, 0.15) is 6.10 Å². The molecule has 0 aliphatic heterocycles. The van der Waals surface area contributed by atoms with Crippen LogP contribution in [0.5, 0.6) is 0 Å². The average Bonchev–Trinajstić information content (AvgIpc) is 2.42. The van der Waals surface area contributed by atoms with E-state index in [4.69, 9.17) is 10.5 Å². The van der Waals surface area contributed by atoms with E-state index in [1.54, 1.807) is 12.1 Å². The first-order chi connectivity index (χ1) is 9.70. The Balaban J connectivity index is 1.52. The molecule has 0 saturated heterocycles. The van der Waals surface area contributed by atoms with E-state index < -0.39 is 0 Å². The van der Waals surface area contributed by atoms with Gasteiger partial charge in [-0.25, -0.2) is 4.79 Å². The van der Waals surface area contributed by atoms with Crippen LogP contribution in [0.15, 0.2) is 24.3 Å². The molecule has 0 spiro atoms. The molecule has 0 radical (unpaired) electrons. The van der Waals surface area contributed by atoms with Gasteiger partial charge >= 0.3 is 5.97 Å². The quantitative estimate of drug-likeness (QED) is 0.663. The van der Waals surface area contributed by atoms with Crippen LogP contribution in [0.4, 0.5) is 5.69 Å². The van der Waals surface area contributed by atoms with E-state index >= 15 is 0 Å². The fourth-order valence-electron chi connectivity index (χ4n) is 4.94. The van der Waals surface area contributed by atoms with Crippen LogP contribution in [0.3, 0.4) is 0 Å². The summed E-state index contributed by atoms with van der Waals surface area (Å²) in [6.07, 6.45) is 6.59. The predicted molar refractivity (Wildman–Crippen MR) is 77.1 cm³/mol. The van der Waals surface area contributed by atoms with E-state index in [-0.39, 0.29) is 12.1 Å². The Bertz CT molecular complexity index is 512.